The van der Waals surface area contributed by atoms with Crippen molar-refractivity contribution in [3.05, 3.63) is 94.3 Å². The largest absolute Gasteiger partial charge is 0.490 e. The van der Waals surface area contributed by atoms with Crippen molar-refractivity contribution in [3.8, 4) is 11.5 Å². The van der Waals surface area contributed by atoms with Crippen LogP contribution in [0.4, 0.5) is 14.9 Å². The second kappa shape index (κ2) is 10.4. The maximum Gasteiger partial charge on any atom is 0.335 e. The molecule has 0 aliphatic carbocycles. The molecule has 1 N–H and O–H groups in total. The SMILES string of the molecule is CCOc1cc(/C=C2\C(=O)NC(=O)N(c3cccc(C)c3C)C2=O)ccc1OCc1ccccc1F. The van der Waals surface area contributed by atoms with Crippen LogP contribution in [0, 0.1) is 19.7 Å². The first-order valence-corrected chi connectivity index (χ1v) is 11.4. The van der Waals surface area contributed by atoms with Gasteiger partial charge in [0.05, 0.1) is 12.3 Å². The van der Waals surface area contributed by atoms with Crippen LogP contribution < -0.4 is 19.7 Å². The van der Waals surface area contributed by atoms with Crippen LogP contribution in [0.5, 0.6) is 11.5 Å². The molecule has 8 heteroatoms. The van der Waals surface area contributed by atoms with Gasteiger partial charge in [-0.05, 0) is 67.8 Å². The van der Waals surface area contributed by atoms with Crippen LogP contribution in [0.3, 0.4) is 0 Å². The number of benzene rings is 3. The Labute approximate surface area is 208 Å². The van der Waals surface area contributed by atoms with Crippen LogP contribution >= 0.6 is 0 Å². The molecule has 0 atom stereocenters. The molecule has 1 heterocycles. The Morgan fingerprint density at radius 1 is 0.944 bits per heavy atom. The zero-order valence-corrected chi connectivity index (χ0v) is 20.1. The third-order valence-electron chi connectivity index (χ3n) is 5.84. The van der Waals surface area contributed by atoms with Gasteiger partial charge in [-0.1, -0.05) is 36.4 Å². The maximum absolute atomic E-state index is 14.0. The summed E-state index contributed by atoms with van der Waals surface area (Å²) in [6, 6.07) is 15.7. The molecule has 1 aliphatic heterocycles. The summed E-state index contributed by atoms with van der Waals surface area (Å²) in [5.74, 6) is -1.13. The van der Waals surface area contributed by atoms with E-state index in [2.05, 4.69) is 5.32 Å². The summed E-state index contributed by atoms with van der Waals surface area (Å²) in [4.78, 5) is 39.4. The minimum absolute atomic E-state index is 0.000983. The molecule has 1 aliphatic rings. The van der Waals surface area contributed by atoms with E-state index in [9.17, 15) is 18.8 Å². The van der Waals surface area contributed by atoms with E-state index >= 15 is 0 Å². The Bertz CT molecular complexity index is 1380. The molecule has 0 bridgehead atoms. The molecule has 0 spiro atoms. The zero-order valence-electron chi connectivity index (χ0n) is 20.1. The maximum atomic E-state index is 14.0. The summed E-state index contributed by atoms with van der Waals surface area (Å²) >= 11 is 0. The molecule has 4 rings (SSSR count). The normalized spacial score (nSPS) is 14.7. The van der Waals surface area contributed by atoms with E-state index in [1.165, 1.54) is 12.1 Å². The van der Waals surface area contributed by atoms with E-state index in [1.807, 2.05) is 13.0 Å². The fraction of sp³-hybridized carbons (Fsp3) is 0.179. The highest BCUT2D eigenvalue weighted by Gasteiger charge is 2.37. The average Bonchev–Trinajstić information content (AvgIpc) is 2.85. The van der Waals surface area contributed by atoms with Gasteiger partial charge >= 0.3 is 6.03 Å². The highest BCUT2D eigenvalue weighted by atomic mass is 19.1. The predicted molar refractivity (Wildman–Crippen MR) is 133 cm³/mol. The zero-order chi connectivity index (χ0) is 25.8. The molecule has 3 aromatic carbocycles. The molecule has 0 saturated carbocycles. The summed E-state index contributed by atoms with van der Waals surface area (Å²) in [5, 5.41) is 2.24. The Hall–Kier alpha value is -4.46. The summed E-state index contributed by atoms with van der Waals surface area (Å²) in [5.41, 5.74) is 2.76. The number of amides is 4. The van der Waals surface area contributed by atoms with Gasteiger partial charge in [-0.2, -0.15) is 0 Å². The molecule has 7 nitrogen and oxygen atoms in total. The number of urea groups is 1. The topological polar surface area (TPSA) is 84.9 Å². The lowest BCUT2D eigenvalue weighted by Gasteiger charge is -2.28. The number of carbonyl (C=O) groups is 3. The Morgan fingerprint density at radius 3 is 2.47 bits per heavy atom. The minimum atomic E-state index is -0.803. The number of imide groups is 2. The second-order valence-corrected chi connectivity index (χ2v) is 8.20. The summed E-state index contributed by atoms with van der Waals surface area (Å²) < 4.78 is 25.4. The lowest BCUT2D eigenvalue weighted by atomic mass is 10.0. The molecule has 3 aromatic rings. The van der Waals surface area contributed by atoms with Crippen LogP contribution in [0.1, 0.15) is 29.2 Å². The fourth-order valence-corrected chi connectivity index (χ4v) is 3.79. The molecular weight excluding hydrogens is 463 g/mol. The predicted octanol–water partition coefficient (Wildman–Crippen LogP) is 5.09. The van der Waals surface area contributed by atoms with Crippen molar-refractivity contribution in [3.63, 3.8) is 0 Å². The molecule has 36 heavy (non-hydrogen) atoms. The standard InChI is InChI=1S/C28H25FN2O5/c1-4-35-25-15-19(12-13-24(25)36-16-20-9-5-6-10-22(20)29)14-21-26(32)30-28(34)31(27(21)33)23-11-7-8-17(2)18(23)3/h5-15H,4,16H2,1-3H3,(H,30,32,34)/b21-14+. The Balaban J connectivity index is 1.64. The molecule has 0 aromatic heterocycles. The first-order chi connectivity index (χ1) is 17.3. The van der Waals surface area contributed by atoms with Gasteiger partial charge in [0, 0.05) is 5.56 Å². The average molecular weight is 489 g/mol. The highest BCUT2D eigenvalue weighted by molar-refractivity contribution is 6.39. The quantitative estimate of drug-likeness (QED) is 0.370. The smallest absolute Gasteiger partial charge is 0.335 e. The summed E-state index contributed by atoms with van der Waals surface area (Å²) in [7, 11) is 0. The number of hydrogen-bond donors (Lipinski definition) is 1. The number of barbiturate groups is 1. The third-order valence-corrected chi connectivity index (χ3v) is 5.84. The lowest BCUT2D eigenvalue weighted by Crippen LogP contribution is -2.54. The van der Waals surface area contributed by atoms with E-state index in [0.29, 0.717) is 34.9 Å². The van der Waals surface area contributed by atoms with Crippen LogP contribution in [-0.4, -0.2) is 24.5 Å². The number of aryl methyl sites for hydroxylation is 1. The van der Waals surface area contributed by atoms with Gasteiger partial charge in [0.1, 0.15) is 18.0 Å². The number of hydrogen-bond acceptors (Lipinski definition) is 5. The molecule has 0 radical (unpaired) electrons. The van der Waals surface area contributed by atoms with E-state index in [0.717, 1.165) is 16.0 Å². The van der Waals surface area contributed by atoms with Crippen molar-refractivity contribution in [1.82, 2.24) is 5.32 Å². The summed E-state index contributed by atoms with van der Waals surface area (Å²) in [6.07, 6.45) is 1.39. The highest BCUT2D eigenvalue weighted by Crippen LogP contribution is 2.32. The van der Waals surface area contributed by atoms with Crippen LogP contribution in [-0.2, 0) is 16.2 Å². The van der Waals surface area contributed by atoms with Crippen LogP contribution in [0.15, 0.2) is 66.2 Å². The van der Waals surface area contributed by atoms with Crippen molar-refractivity contribution >= 4 is 29.6 Å². The van der Waals surface area contributed by atoms with Crippen molar-refractivity contribution in [2.24, 2.45) is 0 Å². The molecule has 1 fully saturated rings. The van der Waals surface area contributed by atoms with Crippen molar-refractivity contribution in [1.29, 1.82) is 0 Å². The van der Waals surface area contributed by atoms with Gasteiger partial charge in [-0.15, -0.1) is 0 Å². The van der Waals surface area contributed by atoms with Crippen molar-refractivity contribution < 1.29 is 28.2 Å². The lowest BCUT2D eigenvalue weighted by molar-refractivity contribution is -0.122. The van der Waals surface area contributed by atoms with Gasteiger partial charge in [0.2, 0.25) is 0 Å². The molecule has 4 amide bonds. The number of rotatable bonds is 7. The molecule has 184 valence electrons. The Morgan fingerprint density at radius 2 is 1.72 bits per heavy atom. The van der Waals surface area contributed by atoms with E-state index < -0.39 is 17.8 Å². The summed E-state index contributed by atoms with van der Waals surface area (Å²) in [6.45, 7) is 5.82. The number of nitrogens with zero attached hydrogens (tertiary/aromatic N) is 1. The molecule has 0 unspecified atom stereocenters. The van der Waals surface area contributed by atoms with Gasteiger partial charge in [-0.3, -0.25) is 14.9 Å². The van der Waals surface area contributed by atoms with E-state index in [1.54, 1.807) is 62.4 Å². The number of ether oxygens (including phenoxy) is 2. The number of anilines is 1. The van der Waals surface area contributed by atoms with Crippen LogP contribution in [0.2, 0.25) is 0 Å². The second-order valence-electron chi connectivity index (χ2n) is 8.20. The van der Waals surface area contributed by atoms with Gasteiger partial charge in [-0.25, -0.2) is 14.1 Å². The van der Waals surface area contributed by atoms with Crippen LogP contribution in [0.25, 0.3) is 6.08 Å². The minimum Gasteiger partial charge on any atom is -0.490 e. The number of halogens is 1. The third kappa shape index (κ3) is 4.98. The fourth-order valence-electron chi connectivity index (χ4n) is 3.79. The van der Waals surface area contributed by atoms with E-state index in [-0.39, 0.29) is 18.0 Å². The van der Waals surface area contributed by atoms with Gasteiger partial charge in [0.15, 0.2) is 11.5 Å². The van der Waals surface area contributed by atoms with Crippen molar-refractivity contribution in [2.45, 2.75) is 27.4 Å². The first-order valence-electron chi connectivity index (χ1n) is 11.4. The number of carbonyl (C=O) groups excluding carboxylic acids is 3. The van der Waals surface area contributed by atoms with Crippen molar-refractivity contribution in [2.75, 3.05) is 11.5 Å². The molecule has 1 saturated heterocycles. The van der Waals surface area contributed by atoms with Gasteiger partial charge in [0.25, 0.3) is 11.8 Å². The van der Waals surface area contributed by atoms with E-state index in [4.69, 9.17) is 9.47 Å². The monoisotopic (exact) mass is 488 g/mol. The molecular formula is C28H25FN2O5. The van der Waals surface area contributed by atoms with Gasteiger partial charge < -0.3 is 9.47 Å². The first kappa shape index (κ1) is 24.7. The Kier molecular flexibility index (Phi) is 7.15. The number of nitrogens with one attached hydrogen (secondary N) is 1.